The second-order valence-electron chi connectivity index (χ2n) is 5.03. The van der Waals surface area contributed by atoms with Gasteiger partial charge in [-0.25, -0.2) is 8.78 Å². The van der Waals surface area contributed by atoms with Gasteiger partial charge in [0.05, 0.1) is 6.04 Å². The number of benzene rings is 2. The number of rotatable bonds is 5. The van der Waals surface area contributed by atoms with Crippen molar-refractivity contribution in [1.82, 2.24) is 10.6 Å². The molecule has 2 aromatic rings. The largest absolute Gasteiger partial charge is 0.362 e. The van der Waals surface area contributed by atoms with E-state index in [1.807, 2.05) is 25.1 Å². The third kappa shape index (κ3) is 4.77. The van der Waals surface area contributed by atoms with Gasteiger partial charge >= 0.3 is 0 Å². The summed E-state index contributed by atoms with van der Waals surface area (Å²) in [6.45, 7) is 2.55. The Morgan fingerprint density at radius 1 is 1.09 bits per heavy atom. The van der Waals surface area contributed by atoms with Crippen LogP contribution >= 0.6 is 12.2 Å². The first kappa shape index (κ1) is 16.4. The van der Waals surface area contributed by atoms with Gasteiger partial charge in [-0.2, -0.15) is 0 Å². The summed E-state index contributed by atoms with van der Waals surface area (Å²) in [5.41, 5.74) is 1.87. The number of hydrogen-bond donors (Lipinski definition) is 2. The molecule has 5 heteroatoms. The lowest BCUT2D eigenvalue weighted by molar-refractivity contribution is 0.505. The Balaban J connectivity index is 1.80. The highest BCUT2D eigenvalue weighted by Gasteiger charge is 2.10. The quantitative estimate of drug-likeness (QED) is 0.821. The van der Waals surface area contributed by atoms with E-state index in [1.54, 1.807) is 6.07 Å². The Morgan fingerprint density at radius 3 is 2.50 bits per heavy atom. The van der Waals surface area contributed by atoms with Crippen molar-refractivity contribution in [3.63, 3.8) is 0 Å². The molecule has 0 amide bonds. The maximum atomic E-state index is 13.2. The molecule has 1 atom stereocenters. The van der Waals surface area contributed by atoms with Crippen LogP contribution in [0, 0.1) is 11.6 Å². The van der Waals surface area contributed by atoms with Gasteiger partial charge in [0.25, 0.3) is 0 Å². The minimum atomic E-state index is -0.853. The predicted molar refractivity (Wildman–Crippen MR) is 88.7 cm³/mol. The standard InChI is InChI=1S/C17H18F2N2S/c1-12(14-7-8-15(18)16(19)11-14)21-17(22)20-10-9-13-5-3-2-4-6-13/h2-8,11-12H,9-10H2,1H3,(H2,20,21,22)/t12-/m1/s1. The summed E-state index contributed by atoms with van der Waals surface area (Å²) in [4.78, 5) is 0. The number of halogens is 2. The molecule has 0 aliphatic rings. The minimum Gasteiger partial charge on any atom is -0.362 e. The molecule has 0 saturated heterocycles. The van der Waals surface area contributed by atoms with Crippen LogP contribution in [0.15, 0.2) is 48.5 Å². The van der Waals surface area contributed by atoms with E-state index in [9.17, 15) is 8.78 Å². The third-order valence-electron chi connectivity index (χ3n) is 3.33. The lowest BCUT2D eigenvalue weighted by Gasteiger charge is -2.17. The molecule has 2 aromatic carbocycles. The Hall–Kier alpha value is -2.01. The topological polar surface area (TPSA) is 24.1 Å². The van der Waals surface area contributed by atoms with E-state index in [0.29, 0.717) is 17.2 Å². The zero-order valence-electron chi connectivity index (χ0n) is 12.3. The summed E-state index contributed by atoms with van der Waals surface area (Å²) in [6, 6.07) is 13.7. The maximum absolute atomic E-state index is 13.2. The molecular formula is C17H18F2N2S. The van der Waals surface area contributed by atoms with Crippen LogP contribution in [0.5, 0.6) is 0 Å². The molecule has 0 aliphatic heterocycles. The van der Waals surface area contributed by atoms with Gasteiger partial charge in [0.1, 0.15) is 0 Å². The van der Waals surface area contributed by atoms with Crippen molar-refractivity contribution in [2.45, 2.75) is 19.4 Å². The fourth-order valence-electron chi connectivity index (χ4n) is 2.08. The number of thiocarbonyl (C=S) groups is 1. The van der Waals surface area contributed by atoms with Gasteiger partial charge in [-0.3, -0.25) is 0 Å². The summed E-state index contributed by atoms with van der Waals surface area (Å²) >= 11 is 5.21. The van der Waals surface area contributed by atoms with Crippen molar-refractivity contribution >= 4 is 17.3 Å². The fraction of sp³-hybridized carbons (Fsp3) is 0.235. The van der Waals surface area contributed by atoms with Crippen LogP contribution in [0.25, 0.3) is 0 Å². The monoisotopic (exact) mass is 320 g/mol. The molecule has 0 aliphatic carbocycles. The minimum absolute atomic E-state index is 0.202. The second-order valence-corrected chi connectivity index (χ2v) is 5.44. The zero-order valence-corrected chi connectivity index (χ0v) is 13.1. The highest BCUT2D eigenvalue weighted by molar-refractivity contribution is 7.80. The Kier molecular flexibility index (Phi) is 5.83. The van der Waals surface area contributed by atoms with Crippen LogP contribution in [-0.2, 0) is 6.42 Å². The van der Waals surface area contributed by atoms with E-state index in [1.165, 1.54) is 11.6 Å². The molecule has 116 valence electrons. The lowest BCUT2D eigenvalue weighted by Crippen LogP contribution is -2.37. The Morgan fingerprint density at radius 2 is 1.82 bits per heavy atom. The Labute approximate surface area is 134 Å². The maximum Gasteiger partial charge on any atom is 0.166 e. The SMILES string of the molecule is C[C@@H](NC(=S)NCCc1ccccc1)c1ccc(F)c(F)c1. The highest BCUT2D eigenvalue weighted by Crippen LogP contribution is 2.15. The summed E-state index contributed by atoms with van der Waals surface area (Å²) < 4.78 is 26.1. The van der Waals surface area contributed by atoms with Crippen LogP contribution < -0.4 is 10.6 Å². The van der Waals surface area contributed by atoms with E-state index in [-0.39, 0.29) is 6.04 Å². The van der Waals surface area contributed by atoms with Gasteiger partial charge in [-0.1, -0.05) is 36.4 Å². The smallest absolute Gasteiger partial charge is 0.166 e. The predicted octanol–water partition coefficient (Wildman–Crippen LogP) is 3.73. The summed E-state index contributed by atoms with van der Waals surface area (Å²) in [5.74, 6) is -1.70. The average Bonchev–Trinajstić information content (AvgIpc) is 2.51. The summed E-state index contributed by atoms with van der Waals surface area (Å²) in [5, 5.41) is 6.66. The van der Waals surface area contributed by atoms with E-state index in [4.69, 9.17) is 12.2 Å². The molecule has 0 aromatic heterocycles. The molecule has 2 rings (SSSR count). The van der Waals surface area contributed by atoms with Gasteiger partial charge < -0.3 is 10.6 Å². The second kappa shape index (κ2) is 7.84. The molecule has 0 spiro atoms. The molecule has 2 N–H and O–H groups in total. The van der Waals surface area contributed by atoms with Crippen LogP contribution in [0.3, 0.4) is 0 Å². The highest BCUT2D eigenvalue weighted by atomic mass is 32.1. The van der Waals surface area contributed by atoms with Gasteiger partial charge in [0.15, 0.2) is 16.7 Å². The van der Waals surface area contributed by atoms with Crippen molar-refractivity contribution in [2.75, 3.05) is 6.54 Å². The first-order chi connectivity index (χ1) is 10.6. The molecule has 0 bridgehead atoms. The lowest BCUT2D eigenvalue weighted by atomic mass is 10.1. The molecular weight excluding hydrogens is 302 g/mol. The van der Waals surface area contributed by atoms with Crippen molar-refractivity contribution in [1.29, 1.82) is 0 Å². The van der Waals surface area contributed by atoms with E-state index < -0.39 is 11.6 Å². The first-order valence-electron chi connectivity index (χ1n) is 7.09. The molecule has 0 unspecified atom stereocenters. The van der Waals surface area contributed by atoms with Crippen LogP contribution in [0.1, 0.15) is 24.1 Å². The summed E-state index contributed by atoms with van der Waals surface area (Å²) in [7, 11) is 0. The average molecular weight is 320 g/mol. The normalized spacial score (nSPS) is 11.8. The van der Waals surface area contributed by atoms with Gasteiger partial charge in [0.2, 0.25) is 0 Å². The molecule has 0 fully saturated rings. The van der Waals surface area contributed by atoms with Crippen LogP contribution in [-0.4, -0.2) is 11.7 Å². The molecule has 2 nitrogen and oxygen atoms in total. The van der Waals surface area contributed by atoms with Crippen LogP contribution in [0.4, 0.5) is 8.78 Å². The third-order valence-corrected chi connectivity index (χ3v) is 3.60. The number of hydrogen-bond acceptors (Lipinski definition) is 1. The fourth-order valence-corrected chi connectivity index (χ4v) is 2.36. The zero-order chi connectivity index (χ0) is 15.9. The van der Waals surface area contributed by atoms with Crippen molar-refractivity contribution in [3.8, 4) is 0 Å². The van der Waals surface area contributed by atoms with Gasteiger partial charge in [-0.15, -0.1) is 0 Å². The summed E-state index contributed by atoms with van der Waals surface area (Å²) in [6.07, 6.45) is 0.863. The van der Waals surface area contributed by atoms with Crippen molar-refractivity contribution in [3.05, 3.63) is 71.3 Å². The van der Waals surface area contributed by atoms with E-state index in [0.717, 1.165) is 12.5 Å². The molecule has 22 heavy (non-hydrogen) atoms. The van der Waals surface area contributed by atoms with Crippen LogP contribution in [0.2, 0.25) is 0 Å². The molecule has 0 saturated carbocycles. The Bertz CT molecular complexity index is 632. The van der Waals surface area contributed by atoms with E-state index >= 15 is 0 Å². The molecule has 0 radical (unpaired) electrons. The number of nitrogens with one attached hydrogen (secondary N) is 2. The van der Waals surface area contributed by atoms with E-state index in [2.05, 4.69) is 22.8 Å². The first-order valence-corrected chi connectivity index (χ1v) is 7.50. The van der Waals surface area contributed by atoms with Crippen molar-refractivity contribution < 1.29 is 8.78 Å². The van der Waals surface area contributed by atoms with Gasteiger partial charge in [-0.05, 0) is 48.8 Å². The molecule has 0 heterocycles. The van der Waals surface area contributed by atoms with Gasteiger partial charge in [0, 0.05) is 6.54 Å². The van der Waals surface area contributed by atoms with Crippen molar-refractivity contribution in [2.24, 2.45) is 0 Å².